The highest BCUT2D eigenvalue weighted by Gasteiger charge is 2.25. The number of hydrogen-bond donors (Lipinski definition) is 4. The number of unbranched alkanes of at least 4 members (excludes halogenated alkanes) is 14. The molecule has 388 valence electrons. The number of ether oxygens (including phenoxy) is 6. The van der Waals surface area contributed by atoms with E-state index in [2.05, 4.69) is 35.1 Å². The zero-order chi connectivity index (χ0) is 48.9. The lowest BCUT2D eigenvalue weighted by atomic mass is 10.1. The van der Waals surface area contributed by atoms with E-state index in [-0.39, 0.29) is 57.2 Å². The molecule has 0 aliphatic carbocycles. The van der Waals surface area contributed by atoms with Gasteiger partial charge < -0.3 is 58.7 Å². The first-order valence-electron chi connectivity index (χ1n) is 24.9. The van der Waals surface area contributed by atoms with E-state index < -0.39 is 43.9 Å². The smallest absolute Gasteiger partial charge is 0.408 e. The van der Waals surface area contributed by atoms with Crippen LogP contribution in [0.4, 0.5) is 14.4 Å². The maximum Gasteiger partial charge on any atom is 0.408 e. The molecule has 2 unspecified atom stereocenters. The van der Waals surface area contributed by atoms with Crippen LogP contribution in [0.3, 0.4) is 0 Å². The number of carbonyl (C=O) groups excluding carboxylic acids is 4. The van der Waals surface area contributed by atoms with E-state index in [1.54, 1.807) is 13.8 Å². The maximum absolute atomic E-state index is 13.4. The van der Waals surface area contributed by atoms with Crippen LogP contribution in [0.5, 0.6) is 0 Å². The van der Waals surface area contributed by atoms with Gasteiger partial charge in [0.2, 0.25) is 5.91 Å². The zero-order valence-electron chi connectivity index (χ0n) is 41.3. The van der Waals surface area contributed by atoms with Gasteiger partial charge in [0.15, 0.2) is 0 Å². The van der Waals surface area contributed by atoms with Gasteiger partial charge in [-0.05, 0) is 32.3 Å². The molecule has 17 nitrogen and oxygen atoms in total. The van der Waals surface area contributed by atoms with Crippen molar-refractivity contribution in [1.29, 1.82) is 0 Å². The van der Waals surface area contributed by atoms with Crippen LogP contribution >= 0.6 is 19.4 Å². The second-order valence-corrected chi connectivity index (χ2v) is 19.3. The lowest BCUT2D eigenvalue weighted by molar-refractivity contribution is -0.122. The van der Waals surface area contributed by atoms with Gasteiger partial charge in [0.25, 0.3) is 0 Å². The highest BCUT2D eigenvalue weighted by molar-refractivity contribution is 7.99. The molecule has 4 amide bonds. The Hall–Kier alpha value is -3.12. The summed E-state index contributed by atoms with van der Waals surface area (Å²) in [7, 11) is -3.15. The predicted molar refractivity (Wildman–Crippen MR) is 265 cm³/mol. The number of hydrogen-bond acceptors (Lipinski definition) is 14. The summed E-state index contributed by atoms with van der Waals surface area (Å²) in [4.78, 5) is 51.8. The second-order valence-electron chi connectivity index (χ2n) is 16.0. The van der Waals surface area contributed by atoms with Gasteiger partial charge >= 0.3 is 25.9 Å². The second kappa shape index (κ2) is 44.1. The summed E-state index contributed by atoms with van der Waals surface area (Å²) in [5.41, 5.74) is 0.788. The lowest BCUT2D eigenvalue weighted by Gasteiger charge is -2.21. The minimum atomic E-state index is -3.15. The summed E-state index contributed by atoms with van der Waals surface area (Å²) in [5, 5.41) is 11.1. The third kappa shape index (κ3) is 37.5. The van der Waals surface area contributed by atoms with Crippen LogP contribution in [0.2, 0.25) is 0 Å². The Kier molecular flexibility index (Phi) is 40.8. The van der Waals surface area contributed by atoms with Crippen molar-refractivity contribution in [2.45, 2.75) is 149 Å². The Morgan fingerprint density at radius 1 is 0.567 bits per heavy atom. The highest BCUT2D eigenvalue weighted by Crippen LogP contribution is 2.47. The first-order valence-corrected chi connectivity index (χ1v) is 27.8. The minimum Gasteiger partial charge on any atom is -0.446 e. The third-order valence-electron chi connectivity index (χ3n) is 10.1. The van der Waals surface area contributed by atoms with Crippen molar-refractivity contribution in [3.8, 4) is 0 Å². The lowest BCUT2D eigenvalue weighted by Crippen LogP contribution is -2.49. The van der Waals surface area contributed by atoms with E-state index in [1.807, 2.05) is 30.3 Å². The van der Waals surface area contributed by atoms with Crippen LogP contribution in [-0.4, -0.2) is 133 Å². The molecule has 1 aromatic carbocycles. The van der Waals surface area contributed by atoms with Crippen LogP contribution in [0.15, 0.2) is 30.3 Å². The minimum absolute atomic E-state index is 0.0164. The number of thioether (sulfide) groups is 1. The molecule has 4 N–H and O–H groups in total. The number of amides is 4. The summed E-state index contributed by atoms with van der Waals surface area (Å²) in [6, 6.07) is 8.17. The average Bonchev–Trinajstić information content (AvgIpc) is 3.31. The fourth-order valence-corrected chi connectivity index (χ4v) is 8.99. The van der Waals surface area contributed by atoms with Crippen LogP contribution < -0.4 is 21.3 Å². The first-order chi connectivity index (χ1) is 32.7. The van der Waals surface area contributed by atoms with Crippen molar-refractivity contribution in [3.63, 3.8) is 0 Å². The van der Waals surface area contributed by atoms with Crippen molar-refractivity contribution in [2.75, 3.05) is 96.8 Å². The van der Waals surface area contributed by atoms with Gasteiger partial charge in [-0.3, -0.25) is 9.36 Å². The van der Waals surface area contributed by atoms with Crippen LogP contribution in [-0.2, 0) is 53.4 Å². The number of alkyl carbamates (subject to hydrolysis) is 3. The van der Waals surface area contributed by atoms with Crippen LogP contribution in [0.25, 0.3) is 0 Å². The molecule has 0 bridgehead atoms. The van der Waals surface area contributed by atoms with Crippen molar-refractivity contribution >= 4 is 43.5 Å². The largest absolute Gasteiger partial charge is 0.446 e. The predicted octanol–water partition coefficient (Wildman–Crippen LogP) is 9.55. The molecule has 0 fully saturated rings. The Morgan fingerprint density at radius 2 is 1.09 bits per heavy atom. The average molecular weight is 991 g/mol. The Labute approximate surface area is 406 Å². The van der Waals surface area contributed by atoms with Crippen molar-refractivity contribution in [2.24, 2.45) is 0 Å². The van der Waals surface area contributed by atoms with Gasteiger partial charge in [0.1, 0.15) is 25.4 Å². The molecule has 19 heteroatoms. The van der Waals surface area contributed by atoms with E-state index in [4.69, 9.17) is 37.5 Å². The SMILES string of the molecule is CCCCCCCCCCNC(=O)OCC(CSCC(NC(=O)OCc1ccccc1)C(=O)NCCOCCOCCOCCP(=O)(OCC)OCC)OC(=O)NCCCCCCCCCC. The number of nitrogens with one attached hydrogen (secondary N) is 4. The third-order valence-corrected chi connectivity index (χ3v) is 13.3. The fraction of sp³-hybridized carbons (Fsp3) is 0.792. The molecule has 0 aromatic heterocycles. The summed E-state index contributed by atoms with van der Waals surface area (Å²) in [6.07, 6.45) is 15.6. The van der Waals surface area contributed by atoms with Crippen molar-refractivity contribution < 1.29 is 61.2 Å². The molecule has 0 aliphatic heterocycles. The van der Waals surface area contributed by atoms with Gasteiger partial charge in [-0.1, -0.05) is 134 Å². The first kappa shape index (κ1) is 61.9. The topological polar surface area (TPSA) is 207 Å². The Morgan fingerprint density at radius 3 is 1.66 bits per heavy atom. The molecule has 67 heavy (non-hydrogen) atoms. The van der Waals surface area contributed by atoms with E-state index in [0.29, 0.717) is 46.1 Å². The monoisotopic (exact) mass is 991 g/mol. The van der Waals surface area contributed by atoms with Crippen LogP contribution in [0, 0.1) is 0 Å². The molecule has 1 rings (SSSR count). The fourth-order valence-electron chi connectivity index (χ4n) is 6.48. The summed E-state index contributed by atoms with van der Waals surface area (Å²) in [6.45, 7) is 11.0. The Bertz CT molecular complexity index is 1410. The molecule has 0 saturated carbocycles. The standard InChI is InChI=1S/C48H87N4O13PS/c1-5-9-11-13-15-17-19-24-28-50-46(54)62-39-43(65-47(55)51-29-25-20-18-16-14-12-10-6-2)40-67-41-44(52-48(56)61-38-42-26-22-21-23-27-42)45(53)49-30-31-58-32-33-59-34-35-60-36-37-66(57,63-7-3)64-8-4/h21-23,26-27,43-44H,5-20,24-25,28-41H2,1-4H3,(H,49,53)(H,50,54)(H,51,55)(H,52,56). The Balaban J connectivity index is 2.68. The van der Waals surface area contributed by atoms with E-state index in [0.717, 1.165) is 44.1 Å². The quantitative estimate of drug-likeness (QED) is 0.0273. The van der Waals surface area contributed by atoms with Crippen molar-refractivity contribution in [1.82, 2.24) is 21.3 Å². The van der Waals surface area contributed by atoms with Crippen molar-refractivity contribution in [3.05, 3.63) is 35.9 Å². The van der Waals surface area contributed by atoms with Gasteiger partial charge in [0, 0.05) is 31.1 Å². The summed E-state index contributed by atoms with van der Waals surface area (Å²) < 4.78 is 56.2. The number of rotatable bonds is 45. The highest BCUT2D eigenvalue weighted by atomic mass is 32.2. The van der Waals surface area contributed by atoms with Gasteiger partial charge in [-0.15, -0.1) is 0 Å². The van der Waals surface area contributed by atoms with Crippen LogP contribution in [0.1, 0.15) is 136 Å². The molecule has 0 aliphatic rings. The van der Waals surface area contributed by atoms with E-state index in [9.17, 15) is 23.7 Å². The number of carbonyl (C=O) groups is 4. The summed E-state index contributed by atoms with van der Waals surface area (Å²) >= 11 is 1.26. The zero-order valence-corrected chi connectivity index (χ0v) is 43.0. The number of benzene rings is 1. The molecule has 1 aromatic rings. The molecule has 0 spiro atoms. The normalized spacial score (nSPS) is 12.2. The maximum atomic E-state index is 13.4. The molecule has 0 saturated heterocycles. The van der Waals surface area contributed by atoms with Gasteiger partial charge in [-0.2, -0.15) is 11.8 Å². The molecular weight excluding hydrogens is 904 g/mol. The molecule has 2 atom stereocenters. The van der Waals surface area contributed by atoms with E-state index >= 15 is 0 Å². The summed E-state index contributed by atoms with van der Waals surface area (Å²) in [5.74, 6) is -0.185. The molecule has 0 heterocycles. The van der Waals surface area contributed by atoms with Gasteiger partial charge in [-0.25, -0.2) is 14.4 Å². The molecular formula is C48H87N4O13PS. The van der Waals surface area contributed by atoms with Gasteiger partial charge in [0.05, 0.1) is 59.0 Å². The molecule has 0 radical (unpaired) electrons. The van der Waals surface area contributed by atoms with E-state index in [1.165, 1.54) is 76.0 Å².